The molecule has 3 atom stereocenters. The lowest BCUT2D eigenvalue weighted by Crippen LogP contribution is -2.53. The zero-order valence-electron chi connectivity index (χ0n) is 20.0. The minimum atomic E-state index is -0.855. The molecular formula is C28H30N2O5. The van der Waals surface area contributed by atoms with E-state index in [1.807, 2.05) is 43.3 Å². The first-order valence-electron chi connectivity index (χ1n) is 11.9. The van der Waals surface area contributed by atoms with Crippen molar-refractivity contribution in [1.29, 1.82) is 0 Å². The van der Waals surface area contributed by atoms with Crippen molar-refractivity contribution in [2.45, 2.75) is 38.6 Å². The topological polar surface area (TPSA) is 95.9 Å². The van der Waals surface area contributed by atoms with Crippen LogP contribution in [0.5, 0.6) is 0 Å². The molecule has 1 saturated heterocycles. The third-order valence-corrected chi connectivity index (χ3v) is 6.95. The van der Waals surface area contributed by atoms with Gasteiger partial charge in [0, 0.05) is 25.4 Å². The van der Waals surface area contributed by atoms with Crippen LogP contribution in [0.25, 0.3) is 11.1 Å². The molecule has 2 amide bonds. The maximum absolute atomic E-state index is 13.2. The summed E-state index contributed by atoms with van der Waals surface area (Å²) >= 11 is 0. The Kier molecular flexibility index (Phi) is 7.40. The molecule has 35 heavy (non-hydrogen) atoms. The minimum absolute atomic E-state index is 0.0753. The Morgan fingerprint density at radius 2 is 1.74 bits per heavy atom. The lowest BCUT2D eigenvalue weighted by atomic mass is 9.86. The van der Waals surface area contributed by atoms with Crippen LogP contribution in [0.3, 0.4) is 0 Å². The van der Waals surface area contributed by atoms with Crippen molar-refractivity contribution in [3.8, 4) is 23.0 Å². The van der Waals surface area contributed by atoms with Crippen LogP contribution in [-0.2, 0) is 14.3 Å². The number of carbonyl (C=O) groups excluding carboxylic acids is 2. The number of piperidine rings is 1. The Morgan fingerprint density at radius 1 is 1.11 bits per heavy atom. The number of nitrogens with zero attached hydrogens (tertiary/aromatic N) is 1. The summed E-state index contributed by atoms with van der Waals surface area (Å²) in [4.78, 5) is 39.0. The predicted octanol–water partition coefficient (Wildman–Crippen LogP) is 3.88. The van der Waals surface area contributed by atoms with Crippen molar-refractivity contribution in [2.24, 2.45) is 11.8 Å². The minimum Gasteiger partial charge on any atom is -0.481 e. The van der Waals surface area contributed by atoms with Crippen molar-refractivity contribution in [2.75, 3.05) is 19.7 Å². The third kappa shape index (κ3) is 5.17. The second kappa shape index (κ2) is 10.6. The molecule has 7 nitrogen and oxygen atoms in total. The van der Waals surface area contributed by atoms with Gasteiger partial charge in [-0.15, -0.1) is 11.8 Å². The molecule has 0 radical (unpaired) electrons. The molecule has 182 valence electrons. The molecule has 4 rings (SSSR count). The molecule has 2 aromatic rings. The number of carboxylic acids is 1. The molecule has 2 aliphatic rings. The highest BCUT2D eigenvalue weighted by Gasteiger charge is 2.36. The molecule has 0 saturated carbocycles. The normalized spacial score (nSPS) is 19.5. The molecule has 1 aliphatic heterocycles. The van der Waals surface area contributed by atoms with Gasteiger partial charge >= 0.3 is 12.1 Å². The van der Waals surface area contributed by atoms with Crippen LogP contribution in [0.1, 0.15) is 43.7 Å². The molecule has 7 heteroatoms. The summed E-state index contributed by atoms with van der Waals surface area (Å²) in [6.45, 7) is 4.33. The number of alkyl carbamates (subject to hydrolysis) is 1. The molecule has 0 spiro atoms. The van der Waals surface area contributed by atoms with Gasteiger partial charge in [0.05, 0.1) is 5.92 Å². The van der Waals surface area contributed by atoms with E-state index in [0.717, 1.165) is 22.3 Å². The van der Waals surface area contributed by atoms with E-state index >= 15 is 0 Å². The number of benzene rings is 2. The summed E-state index contributed by atoms with van der Waals surface area (Å²) in [6.07, 6.45) is -0.122. The summed E-state index contributed by atoms with van der Waals surface area (Å²) in [6, 6.07) is 15.3. The monoisotopic (exact) mass is 474 g/mol. The number of ether oxygens (including phenoxy) is 1. The fourth-order valence-electron chi connectivity index (χ4n) is 5.12. The van der Waals surface area contributed by atoms with Gasteiger partial charge in [-0.1, -0.05) is 55.5 Å². The average molecular weight is 475 g/mol. The Hall–Kier alpha value is -3.79. The molecule has 0 bridgehead atoms. The zero-order chi connectivity index (χ0) is 24.9. The van der Waals surface area contributed by atoms with Gasteiger partial charge in [0.25, 0.3) is 0 Å². The molecular weight excluding hydrogens is 444 g/mol. The predicted molar refractivity (Wildman–Crippen MR) is 132 cm³/mol. The number of fused-ring (bicyclic) bond motifs is 3. The Labute approximate surface area is 205 Å². The third-order valence-electron chi connectivity index (χ3n) is 6.95. The van der Waals surface area contributed by atoms with Crippen molar-refractivity contribution in [3.05, 3.63) is 59.7 Å². The Bertz CT molecular complexity index is 1140. The van der Waals surface area contributed by atoms with Crippen LogP contribution in [0.2, 0.25) is 0 Å². The van der Waals surface area contributed by atoms with Gasteiger partial charge in [0.2, 0.25) is 5.91 Å². The standard InChI is InChI=1S/C28H30N2O5/c1-3-4-13-25(26(31)30-15-14-19(27(32)33)18(2)16-30)29-28(34)35-17-24-22-11-7-5-9-20(22)21-10-6-8-12-23(21)24/h5-12,18-19,24-25H,13-17H2,1-2H3,(H,29,34)(H,32,33). The number of carbonyl (C=O) groups is 3. The van der Waals surface area contributed by atoms with E-state index in [9.17, 15) is 19.5 Å². The highest BCUT2D eigenvalue weighted by atomic mass is 16.5. The van der Waals surface area contributed by atoms with E-state index in [4.69, 9.17) is 4.74 Å². The fraction of sp³-hybridized carbons (Fsp3) is 0.393. The Morgan fingerprint density at radius 3 is 2.31 bits per heavy atom. The van der Waals surface area contributed by atoms with Gasteiger partial charge < -0.3 is 20.1 Å². The van der Waals surface area contributed by atoms with E-state index in [2.05, 4.69) is 29.3 Å². The SMILES string of the molecule is CC#CCC(NC(=O)OCC1c2ccccc2-c2ccccc21)C(=O)N1CCC(C(=O)O)C(C)C1. The summed E-state index contributed by atoms with van der Waals surface area (Å²) in [5.74, 6) is 3.82. The summed E-state index contributed by atoms with van der Waals surface area (Å²) < 4.78 is 5.61. The number of nitrogens with one attached hydrogen (secondary N) is 1. The summed E-state index contributed by atoms with van der Waals surface area (Å²) in [5, 5.41) is 12.1. The maximum atomic E-state index is 13.2. The lowest BCUT2D eigenvalue weighted by Gasteiger charge is -2.36. The molecule has 0 aromatic heterocycles. The van der Waals surface area contributed by atoms with E-state index in [0.29, 0.717) is 19.5 Å². The molecule has 3 unspecified atom stereocenters. The van der Waals surface area contributed by atoms with E-state index in [-0.39, 0.29) is 30.8 Å². The van der Waals surface area contributed by atoms with Crippen LogP contribution in [0.15, 0.2) is 48.5 Å². The Balaban J connectivity index is 1.41. The number of rotatable bonds is 6. The summed E-state index contributed by atoms with van der Waals surface area (Å²) in [5.41, 5.74) is 4.51. The highest BCUT2D eigenvalue weighted by molar-refractivity contribution is 5.86. The maximum Gasteiger partial charge on any atom is 0.407 e. The van der Waals surface area contributed by atoms with Crippen LogP contribution >= 0.6 is 0 Å². The molecule has 2 aromatic carbocycles. The first-order chi connectivity index (χ1) is 16.9. The smallest absolute Gasteiger partial charge is 0.407 e. The largest absolute Gasteiger partial charge is 0.481 e. The number of likely N-dealkylation sites (tertiary alicyclic amines) is 1. The molecule has 1 aliphatic carbocycles. The number of carboxylic acid groups (broad SMARTS) is 1. The quantitative estimate of drug-likeness (QED) is 0.620. The van der Waals surface area contributed by atoms with E-state index in [1.165, 1.54) is 0 Å². The van der Waals surface area contributed by atoms with Gasteiger partial charge in [-0.3, -0.25) is 9.59 Å². The number of hydrogen-bond donors (Lipinski definition) is 2. The lowest BCUT2D eigenvalue weighted by molar-refractivity contribution is -0.148. The average Bonchev–Trinajstić information content (AvgIpc) is 3.18. The summed E-state index contributed by atoms with van der Waals surface area (Å²) in [7, 11) is 0. The van der Waals surface area contributed by atoms with Gasteiger partial charge in [0.1, 0.15) is 12.6 Å². The number of amides is 2. The fourth-order valence-corrected chi connectivity index (χ4v) is 5.12. The van der Waals surface area contributed by atoms with Crippen molar-refractivity contribution in [3.63, 3.8) is 0 Å². The second-order valence-corrected chi connectivity index (χ2v) is 9.15. The number of aliphatic carboxylic acids is 1. The van der Waals surface area contributed by atoms with E-state index < -0.39 is 24.0 Å². The number of hydrogen-bond acceptors (Lipinski definition) is 4. The van der Waals surface area contributed by atoms with Crippen LogP contribution in [0.4, 0.5) is 4.79 Å². The first-order valence-corrected chi connectivity index (χ1v) is 11.9. The van der Waals surface area contributed by atoms with Crippen molar-refractivity contribution in [1.82, 2.24) is 10.2 Å². The van der Waals surface area contributed by atoms with E-state index in [1.54, 1.807) is 11.8 Å². The van der Waals surface area contributed by atoms with Crippen LogP contribution in [-0.4, -0.2) is 53.7 Å². The molecule has 1 fully saturated rings. The second-order valence-electron chi connectivity index (χ2n) is 9.15. The van der Waals surface area contributed by atoms with Crippen LogP contribution < -0.4 is 5.32 Å². The van der Waals surface area contributed by atoms with Crippen LogP contribution in [0, 0.1) is 23.7 Å². The molecule has 1 heterocycles. The highest BCUT2D eigenvalue weighted by Crippen LogP contribution is 2.44. The zero-order valence-corrected chi connectivity index (χ0v) is 20.0. The van der Waals surface area contributed by atoms with Crippen molar-refractivity contribution >= 4 is 18.0 Å². The molecule has 2 N–H and O–H groups in total. The van der Waals surface area contributed by atoms with Gasteiger partial charge in [-0.25, -0.2) is 4.79 Å². The van der Waals surface area contributed by atoms with Gasteiger partial charge in [-0.2, -0.15) is 0 Å². The van der Waals surface area contributed by atoms with Crippen molar-refractivity contribution < 1.29 is 24.2 Å². The van der Waals surface area contributed by atoms with Gasteiger partial charge in [0.15, 0.2) is 0 Å². The van der Waals surface area contributed by atoms with Gasteiger partial charge in [-0.05, 0) is 41.5 Å². The first kappa shape index (κ1) is 24.3.